The van der Waals surface area contributed by atoms with Crippen LogP contribution in [0, 0.1) is 6.92 Å². The van der Waals surface area contributed by atoms with E-state index in [1.165, 1.54) is 0 Å². The molecule has 0 aliphatic rings. The number of aromatic amines is 1. The number of pyridine rings is 1. The molecule has 2 rings (SSSR count). The number of aryl methyl sites for hydroxylation is 1. The molecule has 0 amide bonds. The fraction of sp³-hybridized carbons (Fsp3) is 0.308. The van der Waals surface area contributed by atoms with E-state index >= 15 is 0 Å². The van der Waals surface area contributed by atoms with E-state index in [1.807, 2.05) is 26.8 Å². The second-order valence-corrected chi connectivity index (χ2v) is 4.52. The van der Waals surface area contributed by atoms with E-state index in [0.717, 1.165) is 5.56 Å². The molecule has 0 unspecified atom stereocenters. The number of hydrogen-bond acceptors (Lipinski definition) is 4. The first-order valence-electron chi connectivity index (χ1n) is 5.75. The van der Waals surface area contributed by atoms with Crippen molar-refractivity contribution in [3.63, 3.8) is 0 Å². The topological polar surface area (TPSA) is 78.9 Å². The summed E-state index contributed by atoms with van der Waals surface area (Å²) in [5, 5.41) is 9.81. The summed E-state index contributed by atoms with van der Waals surface area (Å²) in [7, 11) is 0. The number of H-pyrrole nitrogens is 1. The van der Waals surface area contributed by atoms with E-state index in [0.29, 0.717) is 11.3 Å². The molecule has 2 heterocycles. The maximum Gasteiger partial charge on any atom is 0.258 e. The van der Waals surface area contributed by atoms with Gasteiger partial charge in [0.05, 0.1) is 5.56 Å². The van der Waals surface area contributed by atoms with Crippen molar-refractivity contribution in [1.29, 1.82) is 0 Å². The minimum absolute atomic E-state index is 0.0826. The largest absolute Gasteiger partial charge is 0.493 e. The summed E-state index contributed by atoms with van der Waals surface area (Å²) < 4.78 is 0. The van der Waals surface area contributed by atoms with Crippen molar-refractivity contribution in [1.82, 2.24) is 15.0 Å². The molecule has 0 bridgehead atoms. The standard InChI is InChI=1S/C13H15N3O2/c1-7(2)10-12(17)15-11(16-13(10)18)9-6-8(3)4-5-14-9/h4-7H,1-3H3,(H2,15,16,17,18). The van der Waals surface area contributed by atoms with Gasteiger partial charge in [-0.3, -0.25) is 9.78 Å². The molecule has 2 aromatic heterocycles. The third-order valence-corrected chi connectivity index (χ3v) is 2.67. The minimum atomic E-state index is -0.323. The Morgan fingerprint density at radius 2 is 2.11 bits per heavy atom. The molecule has 0 radical (unpaired) electrons. The number of aromatic hydroxyl groups is 1. The first kappa shape index (κ1) is 12.3. The molecule has 0 aliphatic heterocycles. The number of nitrogens with zero attached hydrogens (tertiary/aromatic N) is 2. The van der Waals surface area contributed by atoms with Crippen LogP contribution in [0.15, 0.2) is 23.1 Å². The Kier molecular flexibility index (Phi) is 3.14. The number of aromatic nitrogens is 3. The Morgan fingerprint density at radius 1 is 1.39 bits per heavy atom. The summed E-state index contributed by atoms with van der Waals surface area (Å²) >= 11 is 0. The molecule has 5 nitrogen and oxygen atoms in total. The van der Waals surface area contributed by atoms with Gasteiger partial charge in [0, 0.05) is 6.20 Å². The maximum atomic E-state index is 11.9. The second-order valence-electron chi connectivity index (χ2n) is 4.52. The van der Waals surface area contributed by atoms with Crippen LogP contribution in [0.4, 0.5) is 0 Å². The van der Waals surface area contributed by atoms with Gasteiger partial charge in [0.1, 0.15) is 5.69 Å². The van der Waals surface area contributed by atoms with Gasteiger partial charge in [0.25, 0.3) is 5.56 Å². The van der Waals surface area contributed by atoms with Gasteiger partial charge in [-0.2, -0.15) is 4.98 Å². The summed E-state index contributed by atoms with van der Waals surface area (Å²) in [5.74, 6) is -0.0292. The molecule has 0 saturated heterocycles. The predicted molar refractivity (Wildman–Crippen MR) is 68.6 cm³/mol. The minimum Gasteiger partial charge on any atom is -0.493 e. The highest BCUT2D eigenvalue weighted by atomic mass is 16.3. The summed E-state index contributed by atoms with van der Waals surface area (Å²) in [6.07, 6.45) is 1.64. The Balaban J connectivity index is 2.59. The average Bonchev–Trinajstić information content (AvgIpc) is 2.27. The van der Waals surface area contributed by atoms with Gasteiger partial charge >= 0.3 is 0 Å². The number of hydrogen-bond donors (Lipinski definition) is 2. The molecule has 2 N–H and O–H groups in total. The third-order valence-electron chi connectivity index (χ3n) is 2.67. The van der Waals surface area contributed by atoms with Gasteiger partial charge < -0.3 is 10.1 Å². The average molecular weight is 245 g/mol. The van der Waals surface area contributed by atoms with E-state index < -0.39 is 0 Å². The smallest absolute Gasteiger partial charge is 0.258 e. The van der Waals surface area contributed by atoms with Crippen molar-refractivity contribution in [2.75, 3.05) is 0 Å². The number of rotatable bonds is 2. The lowest BCUT2D eigenvalue weighted by molar-refractivity contribution is 0.440. The molecule has 0 aliphatic carbocycles. The Morgan fingerprint density at radius 3 is 2.67 bits per heavy atom. The molecule has 0 spiro atoms. The van der Waals surface area contributed by atoms with Crippen molar-refractivity contribution in [3.05, 3.63) is 39.8 Å². The van der Waals surface area contributed by atoms with E-state index in [9.17, 15) is 9.90 Å². The van der Waals surface area contributed by atoms with Gasteiger partial charge in [0.15, 0.2) is 5.82 Å². The third kappa shape index (κ3) is 2.25. The molecule has 2 aromatic rings. The first-order chi connectivity index (χ1) is 8.49. The van der Waals surface area contributed by atoms with Gasteiger partial charge in [-0.25, -0.2) is 0 Å². The van der Waals surface area contributed by atoms with Crippen molar-refractivity contribution in [2.24, 2.45) is 0 Å². The lowest BCUT2D eigenvalue weighted by Gasteiger charge is -2.08. The quantitative estimate of drug-likeness (QED) is 0.847. The van der Waals surface area contributed by atoms with Crippen LogP contribution in [0.2, 0.25) is 0 Å². The highest BCUT2D eigenvalue weighted by Crippen LogP contribution is 2.21. The molecule has 5 heteroatoms. The summed E-state index contributed by atoms with van der Waals surface area (Å²) in [4.78, 5) is 22.7. The first-order valence-corrected chi connectivity index (χ1v) is 5.75. The highest BCUT2D eigenvalue weighted by Gasteiger charge is 2.15. The van der Waals surface area contributed by atoms with Crippen molar-refractivity contribution >= 4 is 0 Å². The van der Waals surface area contributed by atoms with E-state index in [1.54, 1.807) is 12.3 Å². The zero-order valence-corrected chi connectivity index (χ0v) is 10.6. The normalized spacial score (nSPS) is 10.9. The van der Waals surface area contributed by atoms with E-state index in [-0.39, 0.29) is 23.2 Å². The molecule has 0 fully saturated rings. The second kappa shape index (κ2) is 4.60. The van der Waals surface area contributed by atoms with Crippen LogP contribution >= 0.6 is 0 Å². The van der Waals surface area contributed by atoms with Crippen LogP contribution < -0.4 is 5.56 Å². The van der Waals surface area contributed by atoms with Crippen LogP contribution in [0.5, 0.6) is 5.88 Å². The lowest BCUT2D eigenvalue weighted by Crippen LogP contribution is -2.16. The van der Waals surface area contributed by atoms with Crippen LogP contribution in [0.1, 0.15) is 30.9 Å². The van der Waals surface area contributed by atoms with Crippen molar-refractivity contribution < 1.29 is 5.11 Å². The molecular formula is C13H15N3O2. The van der Waals surface area contributed by atoms with Crippen LogP contribution in [-0.4, -0.2) is 20.1 Å². The lowest BCUT2D eigenvalue weighted by atomic mass is 10.1. The molecule has 94 valence electrons. The highest BCUT2D eigenvalue weighted by molar-refractivity contribution is 5.51. The van der Waals surface area contributed by atoms with Crippen molar-refractivity contribution in [2.45, 2.75) is 26.7 Å². The number of nitrogens with one attached hydrogen (secondary N) is 1. The Labute approximate surface area is 105 Å². The SMILES string of the molecule is Cc1ccnc(-c2nc(O)c(C(C)C)c(=O)[nH]2)c1. The fourth-order valence-electron chi connectivity index (χ4n) is 1.78. The molecule has 0 atom stereocenters. The van der Waals surface area contributed by atoms with Crippen LogP contribution in [0.25, 0.3) is 11.5 Å². The Bertz CT molecular complexity index is 632. The van der Waals surface area contributed by atoms with Crippen LogP contribution in [0.3, 0.4) is 0 Å². The molecular weight excluding hydrogens is 230 g/mol. The van der Waals surface area contributed by atoms with Gasteiger partial charge in [0.2, 0.25) is 5.88 Å². The zero-order chi connectivity index (χ0) is 13.3. The van der Waals surface area contributed by atoms with Crippen molar-refractivity contribution in [3.8, 4) is 17.4 Å². The monoisotopic (exact) mass is 245 g/mol. The van der Waals surface area contributed by atoms with E-state index in [4.69, 9.17) is 0 Å². The van der Waals surface area contributed by atoms with Gasteiger partial charge in [-0.05, 0) is 30.5 Å². The molecule has 18 heavy (non-hydrogen) atoms. The van der Waals surface area contributed by atoms with E-state index in [2.05, 4.69) is 15.0 Å². The summed E-state index contributed by atoms with van der Waals surface area (Å²) in [6.45, 7) is 5.58. The molecule has 0 aromatic carbocycles. The van der Waals surface area contributed by atoms with Crippen LogP contribution in [-0.2, 0) is 0 Å². The van der Waals surface area contributed by atoms with Gasteiger partial charge in [-0.15, -0.1) is 0 Å². The van der Waals surface area contributed by atoms with Gasteiger partial charge in [-0.1, -0.05) is 13.8 Å². The predicted octanol–water partition coefficient (Wildman–Crippen LogP) is 1.97. The summed E-state index contributed by atoms with van der Waals surface area (Å²) in [6, 6.07) is 3.65. The fourth-order valence-corrected chi connectivity index (χ4v) is 1.78. The summed E-state index contributed by atoms with van der Waals surface area (Å²) in [5.41, 5.74) is 1.52. The Hall–Kier alpha value is -2.17. The maximum absolute atomic E-state index is 11.9. The zero-order valence-electron chi connectivity index (χ0n) is 10.6. The molecule has 0 saturated carbocycles.